The number of aliphatic hydroxyl groups excluding tert-OH is 1. The molecule has 1 saturated heterocycles. The smallest absolute Gasteiger partial charge is 0.416 e. The van der Waals surface area contributed by atoms with Gasteiger partial charge in [0.2, 0.25) is 5.91 Å². The first kappa shape index (κ1) is 24.9. The quantitative estimate of drug-likeness (QED) is 0.538. The maximum Gasteiger partial charge on any atom is 0.416 e. The van der Waals surface area contributed by atoms with E-state index in [0.29, 0.717) is 13.0 Å². The lowest BCUT2D eigenvalue weighted by Gasteiger charge is -2.32. The number of carbonyl (C=O) groups excluding carboxylic acids is 2. The van der Waals surface area contributed by atoms with Crippen LogP contribution in [0.4, 0.5) is 4.79 Å². The van der Waals surface area contributed by atoms with Crippen LogP contribution in [0.5, 0.6) is 0 Å². The highest BCUT2D eigenvalue weighted by molar-refractivity contribution is 5.95. The first-order valence-electron chi connectivity index (χ1n) is 11.8. The molecule has 0 unspecified atom stereocenters. The number of amides is 2. The van der Waals surface area contributed by atoms with Crippen LogP contribution in [0.2, 0.25) is 0 Å². The minimum Gasteiger partial charge on any atom is -0.447 e. The Morgan fingerprint density at radius 1 is 1.09 bits per heavy atom. The van der Waals surface area contributed by atoms with Gasteiger partial charge in [0.05, 0.1) is 30.8 Å². The monoisotopic (exact) mass is 453 g/mol. The molecule has 1 N–H and O–H groups in total. The maximum atomic E-state index is 13.3. The molecule has 2 aromatic rings. The summed E-state index contributed by atoms with van der Waals surface area (Å²) < 4.78 is 11.3. The van der Waals surface area contributed by atoms with Crippen LogP contribution in [-0.4, -0.2) is 46.9 Å². The molecule has 3 rings (SSSR count). The summed E-state index contributed by atoms with van der Waals surface area (Å²) in [5, 5.41) is 11.1. The molecule has 0 radical (unpaired) electrons. The van der Waals surface area contributed by atoms with Crippen molar-refractivity contribution in [2.24, 2.45) is 11.8 Å². The molecule has 1 aliphatic heterocycles. The van der Waals surface area contributed by atoms with E-state index in [2.05, 4.69) is 6.92 Å². The number of ether oxygens (including phenoxy) is 2. The fraction of sp³-hybridized carbons (Fsp3) is 0.481. The molecule has 0 aliphatic carbocycles. The normalized spacial score (nSPS) is 19.6. The van der Waals surface area contributed by atoms with E-state index < -0.39 is 24.0 Å². The van der Waals surface area contributed by atoms with Crippen LogP contribution < -0.4 is 0 Å². The number of hydrogen-bond donors (Lipinski definition) is 1. The summed E-state index contributed by atoms with van der Waals surface area (Å²) in [5.74, 6) is -1.45. The lowest BCUT2D eigenvalue weighted by Crippen LogP contribution is -2.48. The molecule has 178 valence electrons. The van der Waals surface area contributed by atoms with Crippen molar-refractivity contribution in [3.63, 3.8) is 0 Å². The number of nitrogens with zero attached hydrogens (tertiary/aromatic N) is 1. The molecular weight excluding hydrogens is 418 g/mol. The van der Waals surface area contributed by atoms with E-state index in [1.54, 1.807) is 6.92 Å². The van der Waals surface area contributed by atoms with Gasteiger partial charge in [-0.05, 0) is 24.0 Å². The number of aliphatic hydroxyl groups is 1. The fourth-order valence-electron chi connectivity index (χ4n) is 4.37. The highest BCUT2D eigenvalue weighted by Crippen LogP contribution is 2.27. The second-order valence-electron chi connectivity index (χ2n) is 8.89. The van der Waals surface area contributed by atoms with E-state index >= 15 is 0 Å². The summed E-state index contributed by atoms with van der Waals surface area (Å²) >= 11 is 0. The third-order valence-electron chi connectivity index (χ3n) is 6.42. The average molecular weight is 454 g/mol. The predicted molar refractivity (Wildman–Crippen MR) is 126 cm³/mol. The Labute approximate surface area is 196 Å². The van der Waals surface area contributed by atoms with Gasteiger partial charge in [-0.2, -0.15) is 0 Å². The van der Waals surface area contributed by atoms with E-state index in [1.165, 1.54) is 4.90 Å². The van der Waals surface area contributed by atoms with E-state index in [9.17, 15) is 14.7 Å². The number of rotatable bonds is 11. The van der Waals surface area contributed by atoms with Gasteiger partial charge in [-0.3, -0.25) is 4.79 Å². The number of imide groups is 1. The molecule has 5 atom stereocenters. The van der Waals surface area contributed by atoms with Crippen LogP contribution in [-0.2, 0) is 27.3 Å². The third-order valence-corrected chi connectivity index (χ3v) is 6.42. The standard InChI is InChI=1S/C27H35NO5/c1-4-11-24(32-17-22-14-9-6-10-15-22)19(2)25(29)20(3)26(30)28-23(18-33-27(28)31)16-21-12-7-5-8-13-21/h5-10,12-15,19-20,23-25,29H,4,11,16-18H2,1-3H3/t19-,20+,23+,24-,25-/m0/s1. The first-order valence-corrected chi connectivity index (χ1v) is 11.8. The van der Waals surface area contributed by atoms with Crippen molar-refractivity contribution in [1.29, 1.82) is 0 Å². The van der Waals surface area contributed by atoms with Crippen molar-refractivity contribution < 1.29 is 24.2 Å². The molecule has 1 heterocycles. The Hall–Kier alpha value is -2.70. The maximum absolute atomic E-state index is 13.3. The van der Waals surface area contributed by atoms with Gasteiger partial charge in [0, 0.05) is 5.92 Å². The van der Waals surface area contributed by atoms with E-state index in [0.717, 1.165) is 24.0 Å². The van der Waals surface area contributed by atoms with Gasteiger partial charge in [0.25, 0.3) is 0 Å². The molecule has 0 aromatic heterocycles. The zero-order chi connectivity index (χ0) is 23.8. The Balaban J connectivity index is 1.65. The van der Waals surface area contributed by atoms with E-state index in [4.69, 9.17) is 9.47 Å². The zero-order valence-electron chi connectivity index (χ0n) is 19.7. The van der Waals surface area contributed by atoms with Crippen molar-refractivity contribution in [3.05, 3.63) is 71.8 Å². The Morgan fingerprint density at radius 2 is 1.70 bits per heavy atom. The van der Waals surface area contributed by atoms with E-state index in [1.807, 2.05) is 67.6 Å². The topological polar surface area (TPSA) is 76.1 Å². The summed E-state index contributed by atoms with van der Waals surface area (Å²) in [7, 11) is 0. The number of benzene rings is 2. The van der Waals surface area contributed by atoms with Gasteiger partial charge >= 0.3 is 6.09 Å². The van der Waals surface area contributed by atoms with Gasteiger partial charge in [0.15, 0.2) is 0 Å². The molecule has 0 spiro atoms. The summed E-state index contributed by atoms with van der Waals surface area (Å²) in [5.41, 5.74) is 2.09. The second-order valence-corrected chi connectivity index (χ2v) is 8.89. The van der Waals surface area contributed by atoms with E-state index in [-0.39, 0.29) is 24.7 Å². The molecule has 1 fully saturated rings. The lowest BCUT2D eigenvalue weighted by atomic mass is 9.86. The van der Waals surface area contributed by atoms with Crippen molar-refractivity contribution in [2.45, 2.75) is 64.9 Å². The molecule has 6 nitrogen and oxygen atoms in total. The van der Waals surface area contributed by atoms with Gasteiger partial charge in [-0.25, -0.2) is 9.69 Å². The average Bonchev–Trinajstić information content (AvgIpc) is 3.20. The molecule has 0 saturated carbocycles. The number of cyclic esters (lactones) is 1. The highest BCUT2D eigenvalue weighted by Gasteiger charge is 2.43. The van der Waals surface area contributed by atoms with Crippen LogP contribution in [0.15, 0.2) is 60.7 Å². The second kappa shape index (κ2) is 12.0. The Bertz CT molecular complexity index is 888. The van der Waals surface area contributed by atoms with Crippen molar-refractivity contribution >= 4 is 12.0 Å². The van der Waals surface area contributed by atoms with Crippen LogP contribution in [0.1, 0.15) is 44.7 Å². The molecule has 6 heteroatoms. The third kappa shape index (κ3) is 6.42. The zero-order valence-corrected chi connectivity index (χ0v) is 19.7. The largest absolute Gasteiger partial charge is 0.447 e. The minimum atomic E-state index is -0.949. The predicted octanol–water partition coefficient (Wildman–Crippen LogP) is 4.60. The van der Waals surface area contributed by atoms with Crippen LogP contribution in [0, 0.1) is 11.8 Å². The molecule has 1 aliphatic rings. The minimum absolute atomic E-state index is 0.163. The molecule has 33 heavy (non-hydrogen) atoms. The van der Waals surface area contributed by atoms with Crippen molar-refractivity contribution in [3.8, 4) is 0 Å². The van der Waals surface area contributed by atoms with Crippen LogP contribution in [0.3, 0.4) is 0 Å². The first-order chi connectivity index (χ1) is 15.9. The number of hydrogen-bond acceptors (Lipinski definition) is 5. The fourth-order valence-corrected chi connectivity index (χ4v) is 4.37. The lowest BCUT2D eigenvalue weighted by molar-refractivity contribution is -0.140. The molecular formula is C27H35NO5. The Morgan fingerprint density at radius 3 is 2.30 bits per heavy atom. The summed E-state index contributed by atoms with van der Waals surface area (Å²) in [6.07, 6.45) is 0.403. The van der Waals surface area contributed by atoms with Gasteiger partial charge in [-0.15, -0.1) is 0 Å². The van der Waals surface area contributed by atoms with Crippen LogP contribution in [0.25, 0.3) is 0 Å². The SMILES string of the molecule is CCC[C@H](OCc1ccccc1)[C@H](C)[C@H](O)[C@@H](C)C(=O)N1C(=O)OC[C@H]1Cc1ccccc1. The van der Waals surface area contributed by atoms with Crippen molar-refractivity contribution in [1.82, 2.24) is 4.90 Å². The molecule has 2 amide bonds. The van der Waals surface area contributed by atoms with Crippen LogP contribution >= 0.6 is 0 Å². The van der Waals surface area contributed by atoms with Gasteiger partial charge in [0.1, 0.15) is 6.61 Å². The molecule has 2 aromatic carbocycles. The van der Waals surface area contributed by atoms with Gasteiger partial charge < -0.3 is 14.6 Å². The summed E-state index contributed by atoms with van der Waals surface area (Å²) in [6, 6.07) is 19.2. The Kier molecular flexibility index (Phi) is 9.03. The number of carbonyl (C=O) groups is 2. The summed E-state index contributed by atoms with van der Waals surface area (Å²) in [6.45, 7) is 6.26. The van der Waals surface area contributed by atoms with Gasteiger partial charge in [-0.1, -0.05) is 87.9 Å². The van der Waals surface area contributed by atoms with Crippen molar-refractivity contribution in [2.75, 3.05) is 6.61 Å². The highest BCUT2D eigenvalue weighted by atomic mass is 16.6. The molecule has 0 bridgehead atoms. The summed E-state index contributed by atoms with van der Waals surface area (Å²) in [4.78, 5) is 26.9.